The van der Waals surface area contributed by atoms with E-state index in [1.165, 1.54) is 6.07 Å². The summed E-state index contributed by atoms with van der Waals surface area (Å²) in [7, 11) is 0. The molecule has 2 atom stereocenters. The van der Waals surface area contributed by atoms with E-state index in [-0.39, 0.29) is 17.0 Å². The van der Waals surface area contributed by atoms with E-state index in [9.17, 15) is 10.1 Å². The molecule has 0 fully saturated rings. The predicted molar refractivity (Wildman–Crippen MR) is 59.2 cm³/mol. The Morgan fingerprint density at radius 3 is 2.80 bits per heavy atom. The molecule has 0 aliphatic heterocycles. The lowest BCUT2D eigenvalue weighted by Gasteiger charge is -2.16. The maximum absolute atomic E-state index is 10.8. The van der Waals surface area contributed by atoms with Gasteiger partial charge in [-0.3, -0.25) is 15.1 Å². The third kappa shape index (κ3) is 2.65. The maximum atomic E-state index is 10.8. The summed E-state index contributed by atoms with van der Waals surface area (Å²) in [6, 6.07) is 3.03. The molecule has 5 heteroatoms. The lowest BCUT2D eigenvalue weighted by molar-refractivity contribution is -0.386. The van der Waals surface area contributed by atoms with Crippen LogP contribution >= 0.6 is 11.6 Å². The molecule has 4 nitrogen and oxygen atoms in total. The zero-order chi connectivity index (χ0) is 11.4. The smallest absolute Gasteiger partial charge is 0.258 e. The highest BCUT2D eigenvalue weighted by Gasteiger charge is 2.25. The van der Waals surface area contributed by atoms with Gasteiger partial charge in [-0.25, -0.2) is 0 Å². The van der Waals surface area contributed by atoms with Crippen LogP contribution in [-0.2, 0) is 0 Å². The van der Waals surface area contributed by atoms with Crippen molar-refractivity contribution in [2.75, 3.05) is 0 Å². The van der Waals surface area contributed by atoms with Crippen molar-refractivity contribution in [2.45, 2.75) is 31.6 Å². The highest BCUT2D eigenvalue weighted by molar-refractivity contribution is 6.20. The standard InChI is InChI=1S/C10H13ClN2O2/c1-3-8(7(2)11)10-9(13(14)15)5-4-6-12-10/h4-8H,3H2,1-2H3. The number of hydrogen-bond donors (Lipinski definition) is 0. The molecule has 0 aliphatic carbocycles. The van der Waals surface area contributed by atoms with Crippen LogP contribution in [0, 0.1) is 10.1 Å². The molecule has 0 amide bonds. The molecule has 0 aliphatic rings. The van der Waals surface area contributed by atoms with Gasteiger partial charge in [-0.15, -0.1) is 11.6 Å². The van der Waals surface area contributed by atoms with E-state index in [2.05, 4.69) is 4.98 Å². The van der Waals surface area contributed by atoms with Crippen LogP contribution in [0.5, 0.6) is 0 Å². The van der Waals surface area contributed by atoms with Crippen molar-refractivity contribution in [2.24, 2.45) is 0 Å². The van der Waals surface area contributed by atoms with Gasteiger partial charge in [-0.2, -0.15) is 0 Å². The summed E-state index contributed by atoms with van der Waals surface area (Å²) in [6.07, 6.45) is 2.30. The normalized spacial score (nSPS) is 14.6. The molecular weight excluding hydrogens is 216 g/mol. The lowest BCUT2D eigenvalue weighted by atomic mass is 9.97. The Hall–Kier alpha value is -1.16. The molecule has 0 N–H and O–H groups in total. The second-order valence-corrected chi connectivity index (χ2v) is 4.05. The monoisotopic (exact) mass is 228 g/mol. The Kier molecular flexibility index (Phi) is 4.03. The molecule has 0 aromatic carbocycles. The summed E-state index contributed by atoms with van der Waals surface area (Å²) in [4.78, 5) is 14.4. The second-order valence-electron chi connectivity index (χ2n) is 3.36. The zero-order valence-corrected chi connectivity index (χ0v) is 9.44. The fourth-order valence-electron chi connectivity index (χ4n) is 1.58. The number of halogens is 1. The molecule has 0 radical (unpaired) electrons. The summed E-state index contributed by atoms with van der Waals surface area (Å²) in [5, 5.41) is 10.6. The molecule has 2 unspecified atom stereocenters. The van der Waals surface area contributed by atoms with Crippen LogP contribution in [0.1, 0.15) is 31.9 Å². The van der Waals surface area contributed by atoms with E-state index in [1.54, 1.807) is 12.3 Å². The third-order valence-electron chi connectivity index (χ3n) is 2.36. The number of hydrogen-bond acceptors (Lipinski definition) is 3. The van der Waals surface area contributed by atoms with Gasteiger partial charge in [0.05, 0.1) is 4.92 Å². The van der Waals surface area contributed by atoms with Crippen molar-refractivity contribution in [3.63, 3.8) is 0 Å². The van der Waals surface area contributed by atoms with Gasteiger partial charge in [0.25, 0.3) is 5.69 Å². The van der Waals surface area contributed by atoms with Gasteiger partial charge in [0, 0.05) is 23.6 Å². The fraction of sp³-hybridized carbons (Fsp3) is 0.500. The van der Waals surface area contributed by atoms with E-state index in [1.807, 2.05) is 13.8 Å². The average molecular weight is 229 g/mol. The van der Waals surface area contributed by atoms with Crippen molar-refractivity contribution in [3.8, 4) is 0 Å². The molecule has 0 spiro atoms. The summed E-state index contributed by atoms with van der Waals surface area (Å²) < 4.78 is 0. The van der Waals surface area contributed by atoms with Gasteiger partial charge < -0.3 is 0 Å². The van der Waals surface area contributed by atoms with Crippen molar-refractivity contribution in [1.29, 1.82) is 0 Å². The van der Waals surface area contributed by atoms with E-state index < -0.39 is 4.92 Å². The van der Waals surface area contributed by atoms with Crippen molar-refractivity contribution in [1.82, 2.24) is 4.98 Å². The Balaban J connectivity index is 3.16. The minimum Gasteiger partial charge on any atom is -0.258 e. The minimum atomic E-state index is -0.412. The SMILES string of the molecule is CCC(c1ncccc1[N+](=O)[O-])C(C)Cl. The van der Waals surface area contributed by atoms with Crippen molar-refractivity contribution >= 4 is 17.3 Å². The van der Waals surface area contributed by atoms with Gasteiger partial charge in [0.2, 0.25) is 0 Å². The van der Waals surface area contributed by atoms with E-state index >= 15 is 0 Å². The number of aromatic nitrogens is 1. The zero-order valence-electron chi connectivity index (χ0n) is 8.68. The first-order valence-electron chi connectivity index (χ1n) is 4.81. The number of nitro groups is 1. The quantitative estimate of drug-likeness (QED) is 0.452. The number of pyridine rings is 1. The maximum Gasteiger partial charge on any atom is 0.291 e. The molecule has 1 aromatic heterocycles. The highest BCUT2D eigenvalue weighted by Crippen LogP contribution is 2.31. The number of rotatable bonds is 4. The first kappa shape index (κ1) is 11.9. The Labute approximate surface area is 93.4 Å². The molecule has 0 saturated carbocycles. The van der Waals surface area contributed by atoms with Crippen LogP contribution in [0.25, 0.3) is 0 Å². The highest BCUT2D eigenvalue weighted by atomic mass is 35.5. The average Bonchev–Trinajstić information content (AvgIpc) is 2.18. The van der Waals surface area contributed by atoms with Gasteiger partial charge in [-0.05, 0) is 19.4 Å². The molecule has 0 saturated heterocycles. The second kappa shape index (κ2) is 5.07. The largest absolute Gasteiger partial charge is 0.291 e. The van der Waals surface area contributed by atoms with E-state index in [0.29, 0.717) is 5.69 Å². The molecule has 1 aromatic rings. The van der Waals surface area contributed by atoms with Crippen LogP contribution in [-0.4, -0.2) is 15.3 Å². The van der Waals surface area contributed by atoms with Crippen molar-refractivity contribution in [3.05, 3.63) is 34.1 Å². The molecule has 15 heavy (non-hydrogen) atoms. The Morgan fingerprint density at radius 1 is 1.67 bits per heavy atom. The predicted octanol–water partition coefficient (Wildman–Crippen LogP) is 3.11. The molecular formula is C10H13ClN2O2. The third-order valence-corrected chi connectivity index (χ3v) is 2.66. The van der Waals surface area contributed by atoms with Gasteiger partial charge in [0.15, 0.2) is 0 Å². The van der Waals surface area contributed by atoms with Gasteiger partial charge in [0.1, 0.15) is 5.69 Å². The van der Waals surface area contributed by atoms with Crippen molar-refractivity contribution < 1.29 is 4.92 Å². The Morgan fingerprint density at radius 2 is 2.33 bits per heavy atom. The summed E-state index contributed by atoms with van der Waals surface area (Å²) >= 11 is 5.99. The molecule has 1 rings (SSSR count). The minimum absolute atomic E-state index is 0.0526. The summed E-state index contributed by atoms with van der Waals surface area (Å²) in [5.41, 5.74) is 0.532. The van der Waals surface area contributed by atoms with Crippen LogP contribution < -0.4 is 0 Å². The van der Waals surface area contributed by atoms with E-state index in [0.717, 1.165) is 6.42 Å². The molecule has 1 heterocycles. The summed E-state index contributed by atoms with van der Waals surface area (Å²) in [6.45, 7) is 3.77. The fourth-order valence-corrected chi connectivity index (χ4v) is 1.88. The Bertz CT molecular complexity index is 355. The van der Waals surface area contributed by atoms with Crippen LogP contribution in [0.2, 0.25) is 0 Å². The lowest BCUT2D eigenvalue weighted by Crippen LogP contribution is -2.12. The van der Waals surface area contributed by atoms with Crippen LogP contribution in [0.3, 0.4) is 0 Å². The van der Waals surface area contributed by atoms with E-state index in [4.69, 9.17) is 11.6 Å². The summed E-state index contributed by atoms with van der Waals surface area (Å²) in [5.74, 6) is -0.0757. The first-order chi connectivity index (χ1) is 7.07. The van der Waals surface area contributed by atoms with Crippen LogP contribution in [0.15, 0.2) is 18.3 Å². The molecule has 0 bridgehead atoms. The topological polar surface area (TPSA) is 56.0 Å². The first-order valence-corrected chi connectivity index (χ1v) is 5.25. The van der Waals surface area contributed by atoms with Gasteiger partial charge in [-0.1, -0.05) is 6.92 Å². The van der Waals surface area contributed by atoms with Crippen LogP contribution in [0.4, 0.5) is 5.69 Å². The number of nitrogens with zero attached hydrogens (tertiary/aromatic N) is 2. The van der Waals surface area contributed by atoms with Gasteiger partial charge >= 0.3 is 0 Å². The molecule has 82 valence electrons. The number of alkyl halides is 1.